The fourth-order valence-corrected chi connectivity index (χ4v) is 3.57. The predicted octanol–water partition coefficient (Wildman–Crippen LogP) is 3.24. The number of aryl methyl sites for hydroxylation is 1. The first-order valence-corrected chi connectivity index (χ1v) is 9.11. The van der Waals surface area contributed by atoms with E-state index in [-0.39, 0.29) is 10.6 Å². The van der Waals surface area contributed by atoms with Crippen LogP contribution in [0.3, 0.4) is 0 Å². The van der Waals surface area contributed by atoms with E-state index in [1.165, 1.54) is 23.5 Å². The number of nitrogens with zero attached hydrogens (tertiary/aromatic N) is 3. The molecule has 0 aliphatic rings. The minimum atomic E-state index is -4.08. The molecule has 0 amide bonds. The van der Waals surface area contributed by atoms with E-state index in [9.17, 15) is 13.7 Å². The molecule has 24 heavy (non-hydrogen) atoms. The van der Waals surface area contributed by atoms with Gasteiger partial charge in [0.15, 0.2) is 5.71 Å². The fourth-order valence-electron chi connectivity index (χ4n) is 2.04. The summed E-state index contributed by atoms with van der Waals surface area (Å²) in [5.41, 5.74) is 3.64. The first kappa shape index (κ1) is 16.1. The van der Waals surface area contributed by atoms with E-state index in [1.807, 2.05) is 13.0 Å². The summed E-state index contributed by atoms with van der Waals surface area (Å²) < 4.78 is 29.8. The number of aromatic nitrogens is 1. The van der Waals surface area contributed by atoms with Crippen LogP contribution in [0.15, 0.2) is 58.0 Å². The van der Waals surface area contributed by atoms with Crippen LogP contribution in [0, 0.1) is 18.3 Å². The Kier molecular flexibility index (Phi) is 4.29. The van der Waals surface area contributed by atoms with Gasteiger partial charge in [0.05, 0.1) is 15.7 Å². The highest BCUT2D eigenvalue weighted by Crippen LogP contribution is 2.23. The molecule has 0 fully saturated rings. The Labute approximate surface area is 142 Å². The molecule has 0 spiro atoms. The van der Waals surface area contributed by atoms with E-state index < -0.39 is 10.1 Å². The van der Waals surface area contributed by atoms with E-state index in [2.05, 4.69) is 10.1 Å². The molecule has 3 aromatic rings. The Hall–Kier alpha value is -2.76. The van der Waals surface area contributed by atoms with Crippen LogP contribution in [0.25, 0.3) is 10.2 Å². The second-order valence-electron chi connectivity index (χ2n) is 4.90. The smallest absolute Gasteiger partial charge is 0.263 e. The second-order valence-corrected chi connectivity index (χ2v) is 7.28. The molecule has 120 valence electrons. The van der Waals surface area contributed by atoms with Crippen molar-refractivity contribution in [3.63, 3.8) is 0 Å². The highest BCUT2D eigenvalue weighted by molar-refractivity contribution is 7.86. The SMILES string of the molecule is Cc1ccc(S(=O)(=O)O/N=C(/C#N)c2cccc3ncsc23)cc1. The number of rotatable bonds is 4. The van der Waals surface area contributed by atoms with Crippen molar-refractivity contribution in [2.45, 2.75) is 11.8 Å². The molecule has 3 rings (SSSR count). The van der Waals surface area contributed by atoms with E-state index in [0.29, 0.717) is 11.1 Å². The number of hydrogen-bond donors (Lipinski definition) is 0. The van der Waals surface area contributed by atoms with Gasteiger partial charge < -0.3 is 0 Å². The molecule has 0 saturated heterocycles. The molecule has 0 saturated carbocycles. The maximum Gasteiger partial charge on any atom is 0.358 e. The van der Waals surface area contributed by atoms with Gasteiger partial charge >= 0.3 is 10.1 Å². The van der Waals surface area contributed by atoms with Gasteiger partial charge in [-0.15, -0.1) is 11.3 Å². The van der Waals surface area contributed by atoms with Crippen molar-refractivity contribution in [1.29, 1.82) is 5.26 Å². The first-order chi connectivity index (χ1) is 11.5. The summed E-state index contributed by atoms with van der Waals surface area (Å²) in [7, 11) is -4.08. The molecular weight excluding hydrogens is 346 g/mol. The lowest BCUT2D eigenvalue weighted by atomic mass is 10.1. The molecule has 8 heteroatoms. The lowest BCUT2D eigenvalue weighted by Crippen LogP contribution is -2.06. The van der Waals surface area contributed by atoms with Crippen molar-refractivity contribution >= 4 is 37.4 Å². The number of benzene rings is 2. The van der Waals surface area contributed by atoms with Crippen LogP contribution in [0.1, 0.15) is 11.1 Å². The lowest BCUT2D eigenvalue weighted by molar-refractivity contribution is 0.339. The van der Waals surface area contributed by atoms with Crippen LogP contribution in [0.5, 0.6) is 0 Å². The van der Waals surface area contributed by atoms with Gasteiger partial charge in [0, 0.05) is 5.56 Å². The third kappa shape index (κ3) is 3.13. The van der Waals surface area contributed by atoms with Crippen LogP contribution >= 0.6 is 11.3 Å². The topological polar surface area (TPSA) is 92.4 Å². The monoisotopic (exact) mass is 357 g/mol. The summed E-state index contributed by atoms with van der Waals surface area (Å²) in [5, 5.41) is 12.9. The zero-order chi connectivity index (χ0) is 17.2. The number of fused-ring (bicyclic) bond motifs is 1. The van der Waals surface area contributed by atoms with Crippen LogP contribution in [0.2, 0.25) is 0 Å². The predicted molar refractivity (Wildman–Crippen MR) is 91.2 cm³/mol. The molecule has 0 bridgehead atoms. The molecule has 0 aliphatic heterocycles. The standard InChI is InChI=1S/C16H11N3O3S2/c1-11-5-7-12(8-6-11)24(20,21)22-19-15(9-17)13-3-2-4-14-16(13)23-10-18-14/h2-8,10H,1H3/b19-15-. The largest absolute Gasteiger partial charge is 0.358 e. The van der Waals surface area contributed by atoms with Gasteiger partial charge in [-0.1, -0.05) is 35.0 Å². The molecule has 0 atom stereocenters. The summed E-state index contributed by atoms with van der Waals surface area (Å²) >= 11 is 1.34. The normalized spacial score (nSPS) is 12.1. The average Bonchev–Trinajstić information content (AvgIpc) is 3.05. The quantitative estimate of drug-likeness (QED) is 0.528. The second kappa shape index (κ2) is 6.39. The zero-order valence-electron chi connectivity index (χ0n) is 12.5. The number of oxime groups is 1. The molecule has 6 nitrogen and oxygen atoms in total. The Bertz CT molecular complexity index is 1060. The Balaban J connectivity index is 1.96. The van der Waals surface area contributed by atoms with Crippen LogP contribution in [-0.2, 0) is 14.4 Å². The molecule has 0 unspecified atom stereocenters. The minimum Gasteiger partial charge on any atom is -0.263 e. The molecule has 0 radical (unpaired) electrons. The molecule has 0 aliphatic carbocycles. The average molecular weight is 357 g/mol. The molecule has 1 heterocycles. The number of hydrogen-bond acceptors (Lipinski definition) is 7. The van der Waals surface area contributed by atoms with Crippen LogP contribution in [-0.4, -0.2) is 19.1 Å². The van der Waals surface area contributed by atoms with Gasteiger partial charge in [-0.05, 0) is 25.1 Å². The van der Waals surface area contributed by atoms with Gasteiger partial charge in [-0.25, -0.2) is 4.98 Å². The summed E-state index contributed by atoms with van der Waals surface area (Å²) in [6.45, 7) is 1.85. The van der Waals surface area contributed by atoms with Crippen molar-refractivity contribution < 1.29 is 12.7 Å². The highest BCUT2D eigenvalue weighted by atomic mass is 32.2. The van der Waals surface area contributed by atoms with Crippen molar-refractivity contribution in [3.8, 4) is 6.07 Å². The molecular formula is C16H11N3O3S2. The fraction of sp³-hybridized carbons (Fsp3) is 0.0625. The van der Waals surface area contributed by atoms with Crippen LogP contribution < -0.4 is 0 Å². The van der Waals surface area contributed by atoms with Crippen LogP contribution in [0.4, 0.5) is 0 Å². The van der Waals surface area contributed by atoms with Crippen molar-refractivity contribution in [2.75, 3.05) is 0 Å². The summed E-state index contributed by atoms with van der Waals surface area (Å²) in [5.74, 6) is 0. The Morgan fingerprint density at radius 1 is 1.25 bits per heavy atom. The lowest BCUT2D eigenvalue weighted by Gasteiger charge is -2.03. The van der Waals surface area contributed by atoms with Gasteiger partial charge in [-0.2, -0.15) is 13.7 Å². The molecule has 1 aromatic heterocycles. The van der Waals surface area contributed by atoms with E-state index in [4.69, 9.17) is 4.28 Å². The maximum absolute atomic E-state index is 12.2. The van der Waals surface area contributed by atoms with Gasteiger partial charge in [0.25, 0.3) is 0 Å². The maximum atomic E-state index is 12.2. The third-order valence-electron chi connectivity index (χ3n) is 3.25. The van der Waals surface area contributed by atoms with Gasteiger partial charge in [-0.3, -0.25) is 4.28 Å². The Morgan fingerprint density at radius 2 is 2.00 bits per heavy atom. The number of thiazole rings is 1. The summed E-state index contributed by atoms with van der Waals surface area (Å²) in [4.78, 5) is 4.13. The van der Waals surface area contributed by atoms with E-state index in [1.54, 1.807) is 35.8 Å². The zero-order valence-corrected chi connectivity index (χ0v) is 14.1. The van der Waals surface area contributed by atoms with Gasteiger partial charge in [0.2, 0.25) is 0 Å². The minimum absolute atomic E-state index is 0.0230. The summed E-state index contributed by atoms with van der Waals surface area (Å²) in [6, 6.07) is 13.2. The first-order valence-electron chi connectivity index (χ1n) is 6.82. The van der Waals surface area contributed by atoms with Gasteiger partial charge in [0.1, 0.15) is 11.0 Å². The van der Waals surface area contributed by atoms with E-state index in [0.717, 1.165) is 10.3 Å². The highest BCUT2D eigenvalue weighted by Gasteiger charge is 2.17. The molecule has 2 aromatic carbocycles. The Morgan fingerprint density at radius 3 is 2.71 bits per heavy atom. The van der Waals surface area contributed by atoms with Crippen molar-refractivity contribution in [1.82, 2.24) is 4.98 Å². The van der Waals surface area contributed by atoms with E-state index >= 15 is 0 Å². The number of nitriles is 1. The molecule has 0 N–H and O–H groups in total. The summed E-state index contributed by atoms with van der Waals surface area (Å²) in [6.07, 6.45) is 0. The van der Waals surface area contributed by atoms with Crippen molar-refractivity contribution in [3.05, 3.63) is 59.1 Å². The van der Waals surface area contributed by atoms with Crippen molar-refractivity contribution in [2.24, 2.45) is 5.16 Å². The third-order valence-corrected chi connectivity index (χ3v) is 5.25.